The fraction of sp³-hybridized carbons (Fsp3) is 1.00. The van der Waals surface area contributed by atoms with Gasteiger partial charge in [-0.3, -0.25) is 0 Å². The van der Waals surface area contributed by atoms with E-state index in [4.69, 9.17) is 0 Å². The van der Waals surface area contributed by atoms with E-state index in [0.29, 0.717) is 0 Å². The van der Waals surface area contributed by atoms with Gasteiger partial charge < -0.3 is 0 Å². The van der Waals surface area contributed by atoms with Crippen molar-refractivity contribution >= 4 is 0 Å². The number of hydrogen-bond donors (Lipinski definition) is 0. The van der Waals surface area contributed by atoms with Crippen LogP contribution < -0.4 is 0 Å². The summed E-state index contributed by atoms with van der Waals surface area (Å²) in [6, 6.07) is 0. The third-order valence-corrected chi connectivity index (χ3v) is 5.48. The van der Waals surface area contributed by atoms with E-state index >= 15 is 0 Å². The van der Waals surface area contributed by atoms with Crippen LogP contribution in [0.2, 0.25) is 0 Å². The van der Waals surface area contributed by atoms with E-state index in [0.717, 1.165) is 17.8 Å². The number of hydrogen-bond acceptors (Lipinski definition) is 0. The molecule has 302 valence electrons. The van der Waals surface area contributed by atoms with Gasteiger partial charge in [-0.15, -0.1) is 0 Å². The molecule has 0 saturated heterocycles. The van der Waals surface area contributed by atoms with Crippen LogP contribution in [0.15, 0.2) is 0 Å². The third kappa shape index (κ3) is 168. The Balaban J connectivity index is -0.0000000417. The van der Waals surface area contributed by atoms with E-state index in [1.54, 1.807) is 0 Å². The predicted octanol–water partition coefficient (Wildman–Crippen LogP) is 20.4. The van der Waals surface area contributed by atoms with E-state index in [2.05, 4.69) is 159 Å². The molecular weight excluding hydrogens is 565 g/mol. The van der Waals surface area contributed by atoms with Crippen LogP contribution in [-0.2, 0) is 0 Å². The Morgan fingerprint density at radius 1 is 0.340 bits per heavy atom. The molecular formula is C47H114. The van der Waals surface area contributed by atoms with E-state index in [1.807, 2.05) is 0 Å². The second kappa shape index (κ2) is 104. The maximum atomic E-state index is 2.39. The van der Waals surface area contributed by atoms with Crippen LogP contribution in [0.4, 0.5) is 0 Å². The molecule has 0 aromatic heterocycles. The topological polar surface area (TPSA) is 0 Å². The Bertz CT molecular complexity index is 260. The van der Waals surface area contributed by atoms with E-state index in [1.165, 1.54) is 135 Å². The first-order chi connectivity index (χ1) is 22.4. The van der Waals surface area contributed by atoms with Crippen molar-refractivity contribution in [3.63, 3.8) is 0 Å². The van der Waals surface area contributed by atoms with Crippen molar-refractivity contribution < 1.29 is 0 Å². The van der Waals surface area contributed by atoms with E-state index < -0.39 is 0 Å². The summed E-state index contributed by atoms with van der Waals surface area (Å²) in [5.74, 6) is 3.07. The van der Waals surface area contributed by atoms with Gasteiger partial charge >= 0.3 is 0 Å². The van der Waals surface area contributed by atoms with Crippen molar-refractivity contribution in [3.05, 3.63) is 0 Å². The Labute approximate surface area is 311 Å². The van der Waals surface area contributed by atoms with Crippen LogP contribution in [0, 0.1) is 17.8 Å². The largest absolute Gasteiger partial charge is 0.0656 e. The van der Waals surface area contributed by atoms with E-state index in [9.17, 15) is 0 Å². The molecule has 1 aliphatic rings. The fourth-order valence-corrected chi connectivity index (χ4v) is 3.19. The maximum Gasteiger partial charge on any atom is -0.0363 e. The summed E-state index contributed by atoms with van der Waals surface area (Å²) in [4.78, 5) is 0. The summed E-state index contributed by atoms with van der Waals surface area (Å²) in [5.41, 5.74) is 0. The third-order valence-electron chi connectivity index (χ3n) is 5.48. The molecule has 0 heterocycles. The Morgan fingerprint density at radius 2 is 0.532 bits per heavy atom. The average Bonchev–Trinajstić information content (AvgIpc) is 3.01. The monoisotopic (exact) mass is 679 g/mol. The minimum atomic E-state index is 0.980. The molecule has 3 unspecified atom stereocenters. The lowest BCUT2D eigenvalue weighted by Gasteiger charge is -2.38. The van der Waals surface area contributed by atoms with Gasteiger partial charge in [0.2, 0.25) is 0 Å². The molecule has 0 nitrogen and oxygen atoms in total. The normalized spacial score (nSPS) is 13.1. The predicted molar refractivity (Wildman–Crippen MR) is 238 cm³/mol. The van der Waals surface area contributed by atoms with Crippen molar-refractivity contribution in [2.75, 3.05) is 0 Å². The molecule has 0 heteroatoms. The van der Waals surface area contributed by atoms with Crippen molar-refractivity contribution in [1.82, 2.24) is 0 Å². The molecule has 1 saturated carbocycles. The molecule has 1 aliphatic carbocycles. The summed E-state index contributed by atoms with van der Waals surface area (Å²) in [7, 11) is 0. The number of rotatable bonds is 10. The van der Waals surface area contributed by atoms with Crippen LogP contribution in [0.25, 0.3) is 0 Å². The van der Waals surface area contributed by atoms with Crippen LogP contribution in [-0.4, -0.2) is 0 Å². The summed E-state index contributed by atoms with van der Waals surface area (Å²) < 4.78 is 0. The molecule has 0 aromatic carbocycles. The van der Waals surface area contributed by atoms with Gasteiger partial charge in [0.05, 0.1) is 0 Å². The maximum absolute atomic E-state index is 2.39. The van der Waals surface area contributed by atoms with Gasteiger partial charge in [-0.25, -0.2) is 0 Å². The minimum absolute atomic E-state index is 0.980. The highest BCUT2D eigenvalue weighted by Crippen LogP contribution is 2.40. The molecule has 0 N–H and O–H groups in total. The van der Waals surface area contributed by atoms with Crippen molar-refractivity contribution in [2.24, 2.45) is 17.8 Å². The quantitative estimate of drug-likeness (QED) is 0.202. The van der Waals surface area contributed by atoms with Crippen LogP contribution >= 0.6 is 0 Å². The summed E-state index contributed by atoms with van der Waals surface area (Å²) in [6.45, 7) is 50.1. The highest BCUT2D eigenvalue weighted by atomic mass is 14.3. The van der Waals surface area contributed by atoms with Crippen LogP contribution in [0.3, 0.4) is 0 Å². The first-order valence-corrected chi connectivity index (χ1v) is 22.4. The minimum Gasteiger partial charge on any atom is -0.0656 e. The molecule has 0 aromatic rings. The zero-order valence-corrected chi connectivity index (χ0v) is 39.6. The molecule has 0 aliphatic heterocycles. The average molecular weight is 679 g/mol. The van der Waals surface area contributed by atoms with Gasteiger partial charge in [0.15, 0.2) is 0 Å². The molecule has 0 amide bonds. The summed E-state index contributed by atoms with van der Waals surface area (Å²) in [5, 5.41) is 0. The fourth-order valence-electron chi connectivity index (χ4n) is 3.19. The second-order valence-electron chi connectivity index (χ2n) is 13.4. The van der Waals surface area contributed by atoms with Crippen LogP contribution in [0.5, 0.6) is 0 Å². The van der Waals surface area contributed by atoms with Gasteiger partial charge in [-0.1, -0.05) is 288 Å². The zero-order chi connectivity index (χ0) is 39.6. The van der Waals surface area contributed by atoms with Gasteiger partial charge in [-0.2, -0.15) is 0 Å². The lowest BCUT2D eigenvalue weighted by atomic mass is 9.68. The smallest absolute Gasteiger partial charge is 0.0363 e. The zero-order valence-electron chi connectivity index (χ0n) is 39.6. The molecule has 1 fully saturated rings. The first kappa shape index (κ1) is 72.6. The van der Waals surface area contributed by atoms with Crippen molar-refractivity contribution in [1.29, 1.82) is 0 Å². The molecule has 3 atom stereocenters. The standard InChI is InChI=1S/C9H18.C8H18.C6H14.8C3H8/c1-4-7(2)9-6-5-8(9)3;1-3-5-7-8-6-4-2;1-3-5-6-4-2;8*1-3-2/h7-9H,4-6H2,1-3H3;3-8H2,1-2H3;3-6H2,1-2H3;8*3H2,1-2H3. The Hall–Kier alpha value is 0. The van der Waals surface area contributed by atoms with E-state index in [-0.39, 0.29) is 0 Å². The summed E-state index contributed by atoms with van der Waals surface area (Å²) >= 11 is 0. The van der Waals surface area contributed by atoms with Gasteiger partial charge in [0.1, 0.15) is 0 Å². The molecule has 0 radical (unpaired) electrons. The number of unbranched alkanes of at least 4 members (excludes halogenated alkanes) is 8. The summed E-state index contributed by atoms with van der Waals surface area (Å²) in [6.07, 6.45) is 28.4. The second-order valence-corrected chi connectivity index (χ2v) is 13.4. The highest BCUT2D eigenvalue weighted by Gasteiger charge is 2.29. The van der Waals surface area contributed by atoms with Crippen molar-refractivity contribution in [2.45, 2.75) is 294 Å². The SMILES string of the molecule is CCC.CCC.CCC.CCC.CCC.CCC.CCC.CCC.CCC(C)C1CCC1C.CCCCCC.CCCCCCCC. The van der Waals surface area contributed by atoms with Gasteiger partial charge in [0, 0.05) is 0 Å². The van der Waals surface area contributed by atoms with Crippen molar-refractivity contribution in [3.8, 4) is 0 Å². The molecule has 1 rings (SSSR count). The lowest BCUT2D eigenvalue weighted by Crippen LogP contribution is -2.28. The molecule has 0 bridgehead atoms. The highest BCUT2D eigenvalue weighted by molar-refractivity contribution is 4.80. The Kier molecular flexibility index (Phi) is 160. The Morgan fingerprint density at radius 3 is 0.617 bits per heavy atom. The van der Waals surface area contributed by atoms with Gasteiger partial charge in [0.25, 0.3) is 0 Å². The first-order valence-electron chi connectivity index (χ1n) is 22.4. The lowest BCUT2D eigenvalue weighted by molar-refractivity contribution is 0.126. The van der Waals surface area contributed by atoms with Gasteiger partial charge in [-0.05, 0) is 24.2 Å². The van der Waals surface area contributed by atoms with Crippen LogP contribution in [0.1, 0.15) is 294 Å². The molecule has 0 spiro atoms. The molecule has 47 heavy (non-hydrogen) atoms.